The highest BCUT2D eigenvalue weighted by molar-refractivity contribution is 5.92. The number of halogens is 1. The van der Waals surface area contributed by atoms with Crippen LogP contribution in [-0.2, 0) is 0 Å². The Morgan fingerprint density at radius 3 is 2.44 bits per heavy atom. The van der Waals surface area contributed by atoms with Crippen LogP contribution in [0.15, 0.2) is 60.8 Å². The van der Waals surface area contributed by atoms with Crippen LogP contribution >= 0.6 is 0 Å². The summed E-state index contributed by atoms with van der Waals surface area (Å²) < 4.78 is 19.3. The Morgan fingerprint density at radius 2 is 1.74 bits per heavy atom. The molecule has 0 saturated carbocycles. The van der Waals surface area contributed by atoms with Crippen LogP contribution in [0, 0.1) is 5.82 Å². The average Bonchev–Trinajstić information content (AvgIpc) is 3.31. The molecule has 9 heteroatoms. The van der Waals surface area contributed by atoms with Gasteiger partial charge < -0.3 is 20.8 Å². The molecule has 2 aromatic heterocycles. The lowest BCUT2D eigenvalue weighted by molar-refractivity contribution is 0.100. The van der Waals surface area contributed by atoms with E-state index in [2.05, 4.69) is 20.3 Å². The van der Waals surface area contributed by atoms with Gasteiger partial charge in [-0.15, -0.1) is 0 Å². The van der Waals surface area contributed by atoms with Crippen molar-refractivity contribution in [2.24, 2.45) is 5.73 Å². The van der Waals surface area contributed by atoms with E-state index in [0.717, 1.165) is 43.0 Å². The molecule has 1 saturated heterocycles. The molecular formula is C25H23FN6O2. The fourth-order valence-corrected chi connectivity index (χ4v) is 4.00. The number of ether oxygens (including phenoxy) is 1. The molecule has 3 heterocycles. The molecule has 0 spiro atoms. The van der Waals surface area contributed by atoms with Crippen molar-refractivity contribution in [3.05, 3.63) is 78.0 Å². The van der Waals surface area contributed by atoms with Crippen LogP contribution in [0.5, 0.6) is 11.8 Å². The number of imidazole rings is 1. The highest BCUT2D eigenvalue weighted by atomic mass is 19.1. The molecule has 0 bridgehead atoms. The molecule has 1 aliphatic heterocycles. The van der Waals surface area contributed by atoms with Crippen LogP contribution < -0.4 is 15.8 Å². The normalized spacial score (nSPS) is 14.1. The van der Waals surface area contributed by atoms with Gasteiger partial charge in [-0.1, -0.05) is 0 Å². The molecule has 2 aromatic carbocycles. The number of nitrogens with one attached hydrogen (secondary N) is 2. The minimum atomic E-state index is -0.512. The summed E-state index contributed by atoms with van der Waals surface area (Å²) in [5.74, 6) is 0.844. The van der Waals surface area contributed by atoms with Crippen molar-refractivity contribution >= 4 is 5.91 Å². The maximum atomic E-state index is 13.6. The van der Waals surface area contributed by atoms with Gasteiger partial charge in [0.05, 0.1) is 17.1 Å². The van der Waals surface area contributed by atoms with Crippen molar-refractivity contribution in [2.45, 2.75) is 18.8 Å². The quantitative estimate of drug-likeness (QED) is 0.401. The Balaban J connectivity index is 1.50. The van der Waals surface area contributed by atoms with Crippen LogP contribution in [0.3, 0.4) is 0 Å². The van der Waals surface area contributed by atoms with Crippen molar-refractivity contribution in [1.29, 1.82) is 0 Å². The Bertz CT molecular complexity index is 1300. The summed E-state index contributed by atoms with van der Waals surface area (Å²) in [5, 5.41) is 3.37. The lowest BCUT2D eigenvalue weighted by Crippen LogP contribution is -2.27. The number of hydrogen-bond donors (Lipinski definition) is 3. The molecule has 8 nitrogen and oxygen atoms in total. The van der Waals surface area contributed by atoms with Gasteiger partial charge in [0.25, 0.3) is 0 Å². The largest absolute Gasteiger partial charge is 0.424 e. The molecule has 1 aliphatic rings. The zero-order chi connectivity index (χ0) is 23.5. The molecule has 0 unspecified atom stereocenters. The number of primary amides is 1. The maximum absolute atomic E-state index is 13.6. The predicted molar refractivity (Wildman–Crippen MR) is 125 cm³/mol. The Kier molecular flexibility index (Phi) is 6.01. The van der Waals surface area contributed by atoms with E-state index in [0.29, 0.717) is 28.6 Å². The Labute approximate surface area is 195 Å². The lowest BCUT2D eigenvalue weighted by atomic mass is 9.98. The standard InChI is InChI=1S/C25H23FN6O2/c26-18-5-1-15(2-6-18)21-22(32-24(31-21)17-9-12-28-13-10-17)20-11-14-29-25(30-20)34-19-7-3-16(4-8-19)23(27)33/h1-8,11,14,17,28H,9-10,12-13H2,(H2,27,33)(H,31,32). The SMILES string of the molecule is NC(=O)c1ccc(Oc2nccc(-c3[nH]c(C4CCNCC4)nc3-c3ccc(F)cc3)n2)cc1. The molecule has 4 aromatic rings. The molecule has 34 heavy (non-hydrogen) atoms. The molecule has 4 N–H and O–H groups in total. The van der Waals surface area contributed by atoms with Crippen LogP contribution in [0.2, 0.25) is 0 Å². The summed E-state index contributed by atoms with van der Waals surface area (Å²) in [7, 11) is 0. The van der Waals surface area contributed by atoms with Crippen LogP contribution in [0.4, 0.5) is 4.39 Å². The third kappa shape index (κ3) is 4.65. The number of H-pyrrole nitrogens is 1. The number of rotatable bonds is 6. The summed E-state index contributed by atoms with van der Waals surface area (Å²) in [4.78, 5) is 28.4. The van der Waals surface area contributed by atoms with E-state index in [1.165, 1.54) is 12.1 Å². The summed E-state index contributed by atoms with van der Waals surface area (Å²) in [6, 6.07) is 14.6. The topological polar surface area (TPSA) is 119 Å². The third-order valence-electron chi connectivity index (χ3n) is 5.80. The van der Waals surface area contributed by atoms with Gasteiger partial charge in [0.1, 0.15) is 17.4 Å². The Morgan fingerprint density at radius 1 is 1.00 bits per heavy atom. The van der Waals surface area contributed by atoms with E-state index in [-0.39, 0.29) is 11.8 Å². The molecule has 0 radical (unpaired) electrons. The number of carbonyl (C=O) groups excluding carboxylic acids is 1. The number of aromatic nitrogens is 4. The number of piperidine rings is 1. The lowest BCUT2D eigenvalue weighted by Gasteiger charge is -2.20. The molecule has 172 valence electrons. The van der Waals surface area contributed by atoms with Crippen molar-refractivity contribution in [2.75, 3.05) is 13.1 Å². The minimum absolute atomic E-state index is 0.146. The van der Waals surface area contributed by atoms with E-state index in [9.17, 15) is 9.18 Å². The monoisotopic (exact) mass is 458 g/mol. The zero-order valence-corrected chi connectivity index (χ0v) is 18.3. The highest BCUT2D eigenvalue weighted by Crippen LogP contribution is 2.34. The van der Waals surface area contributed by atoms with Gasteiger partial charge in [-0.2, -0.15) is 4.98 Å². The van der Waals surface area contributed by atoms with Gasteiger partial charge in [0.2, 0.25) is 5.91 Å². The van der Waals surface area contributed by atoms with Crippen molar-refractivity contribution < 1.29 is 13.9 Å². The number of benzene rings is 2. The number of carbonyl (C=O) groups is 1. The number of nitrogens with zero attached hydrogens (tertiary/aromatic N) is 3. The molecule has 1 fully saturated rings. The fraction of sp³-hybridized carbons (Fsp3) is 0.200. The van der Waals surface area contributed by atoms with Crippen LogP contribution in [0.1, 0.15) is 34.9 Å². The van der Waals surface area contributed by atoms with Crippen LogP contribution in [-0.4, -0.2) is 38.9 Å². The number of hydrogen-bond acceptors (Lipinski definition) is 6. The molecule has 0 aliphatic carbocycles. The number of aromatic amines is 1. The summed E-state index contributed by atoms with van der Waals surface area (Å²) in [6.45, 7) is 1.87. The first-order valence-corrected chi connectivity index (χ1v) is 11.0. The predicted octanol–water partition coefficient (Wildman–Crippen LogP) is 4.03. The van der Waals surface area contributed by atoms with Gasteiger partial charge >= 0.3 is 6.01 Å². The first-order valence-electron chi connectivity index (χ1n) is 11.0. The van der Waals surface area contributed by atoms with Gasteiger partial charge in [0, 0.05) is 23.2 Å². The molecule has 1 amide bonds. The maximum Gasteiger partial charge on any atom is 0.322 e. The van der Waals surface area contributed by atoms with Crippen molar-refractivity contribution in [1.82, 2.24) is 25.3 Å². The van der Waals surface area contributed by atoms with Crippen LogP contribution in [0.25, 0.3) is 22.6 Å². The van der Waals surface area contributed by atoms with E-state index in [4.69, 9.17) is 15.5 Å². The second kappa shape index (κ2) is 9.40. The molecule has 0 atom stereocenters. The number of nitrogens with two attached hydrogens (primary N) is 1. The van der Waals surface area contributed by atoms with Gasteiger partial charge in [0.15, 0.2) is 0 Å². The van der Waals surface area contributed by atoms with E-state index < -0.39 is 5.91 Å². The summed E-state index contributed by atoms with van der Waals surface area (Å²) in [6.07, 6.45) is 3.57. The van der Waals surface area contributed by atoms with E-state index in [1.54, 1.807) is 48.7 Å². The van der Waals surface area contributed by atoms with E-state index >= 15 is 0 Å². The zero-order valence-electron chi connectivity index (χ0n) is 18.3. The minimum Gasteiger partial charge on any atom is -0.424 e. The molecule has 5 rings (SSSR count). The first kappa shape index (κ1) is 21.7. The van der Waals surface area contributed by atoms with Crippen molar-refractivity contribution in [3.63, 3.8) is 0 Å². The first-order chi connectivity index (χ1) is 16.6. The van der Waals surface area contributed by atoms with Gasteiger partial charge in [-0.3, -0.25) is 4.79 Å². The second-order valence-electron chi connectivity index (χ2n) is 8.09. The van der Waals surface area contributed by atoms with E-state index in [1.807, 2.05) is 0 Å². The average molecular weight is 458 g/mol. The third-order valence-corrected chi connectivity index (χ3v) is 5.80. The van der Waals surface area contributed by atoms with Crippen molar-refractivity contribution in [3.8, 4) is 34.4 Å². The second-order valence-corrected chi connectivity index (χ2v) is 8.09. The fourth-order valence-electron chi connectivity index (χ4n) is 4.00. The van der Waals surface area contributed by atoms with Gasteiger partial charge in [-0.25, -0.2) is 14.4 Å². The molecular weight excluding hydrogens is 435 g/mol. The number of amides is 1. The van der Waals surface area contributed by atoms with Gasteiger partial charge in [-0.05, 0) is 80.5 Å². The Hall–Kier alpha value is -4.11. The smallest absolute Gasteiger partial charge is 0.322 e. The highest BCUT2D eigenvalue weighted by Gasteiger charge is 2.23. The summed E-state index contributed by atoms with van der Waals surface area (Å²) >= 11 is 0. The summed E-state index contributed by atoms with van der Waals surface area (Å²) in [5.41, 5.74) is 8.48.